The minimum atomic E-state index is -3.56. The number of amides is 1. The third-order valence-electron chi connectivity index (χ3n) is 5.99. The van der Waals surface area contributed by atoms with E-state index in [0.29, 0.717) is 12.0 Å². The number of aliphatic hydroxyl groups is 1. The normalized spacial score (nSPS) is 25.8. The summed E-state index contributed by atoms with van der Waals surface area (Å²) in [6.07, 6.45) is 5.44. The Kier molecular flexibility index (Phi) is 7.67. The number of benzene rings is 1. The number of ether oxygens (including phenoxy) is 1. The summed E-state index contributed by atoms with van der Waals surface area (Å²) in [5.41, 5.74) is 0.704. The highest BCUT2D eigenvalue weighted by Crippen LogP contribution is 2.27. The van der Waals surface area contributed by atoms with Crippen molar-refractivity contribution in [3.8, 4) is 0 Å². The van der Waals surface area contributed by atoms with Crippen LogP contribution in [0.1, 0.15) is 50.5 Å². The summed E-state index contributed by atoms with van der Waals surface area (Å²) >= 11 is 0. The molecule has 1 saturated carbocycles. The summed E-state index contributed by atoms with van der Waals surface area (Å²) < 4.78 is 33.5. The van der Waals surface area contributed by atoms with Crippen molar-refractivity contribution in [2.75, 3.05) is 13.2 Å². The van der Waals surface area contributed by atoms with E-state index in [1.54, 1.807) is 31.2 Å². The molecule has 1 aromatic rings. The first kappa shape index (κ1) is 22.2. The predicted octanol–water partition coefficient (Wildman–Crippen LogP) is 1.88. The summed E-state index contributed by atoms with van der Waals surface area (Å²) in [5, 5.41) is 12.8. The van der Waals surface area contributed by atoms with Crippen molar-refractivity contribution in [3.63, 3.8) is 0 Å². The standard InChI is InChI=1S/C21H32N2O5S/c1-15-6-2-5-9-20(15)29(26,27)22-13-12-17-10-11-18(19(14-24)28-17)23-21(25)16-7-3-4-8-16/h2,5-6,9,16-19,22,24H,3-4,7-8,10-14H2,1H3,(H,23,25)/t17-,18-,19-/m1/s1. The number of carbonyl (C=O) groups is 1. The molecule has 3 rings (SSSR count). The Labute approximate surface area is 173 Å². The van der Waals surface area contributed by atoms with Crippen LogP contribution in [-0.2, 0) is 19.6 Å². The summed E-state index contributed by atoms with van der Waals surface area (Å²) in [4.78, 5) is 12.7. The van der Waals surface area contributed by atoms with Crippen LogP contribution < -0.4 is 10.0 Å². The highest BCUT2D eigenvalue weighted by Gasteiger charge is 2.34. The third kappa shape index (κ3) is 5.78. The zero-order valence-corrected chi connectivity index (χ0v) is 17.8. The molecular formula is C21H32N2O5S. The van der Waals surface area contributed by atoms with Crippen molar-refractivity contribution in [1.29, 1.82) is 0 Å². The van der Waals surface area contributed by atoms with Crippen LogP contribution in [-0.4, -0.2) is 50.8 Å². The molecule has 0 bridgehead atoms. The number of nitrogens with one attached hydrogen (secondary N) is 2. The molecule has 7 nitrogen and oxygen atoms in total. The number of hydrogen-bond donors (Lipinski definition) is 3. The lowest BCUT2D eigenvalue weighted by atomic mass is 9.96. The lowest BCUT2D eigenvalue weighted by molar-refractivity contribution is -0.131. The quantitative estimate of drug-likeness (QED) is 0.591. The van der Waals surface area contributed by atoms with Crippen LogP contribution in [0.25, 0.3) is 0 Å². The SMILES string of the molecule is Cc1ccccc1S(=O)(=O)NCC[C@H]1CC[C@@H](NC(=O)C2CCCC2)[C@@H](CO)O1. The average molecular weight is 425 g/mol. The highest BCUT2D eigenvalue weighted by molar-refractivity contribution is 7.89. The molecule has 1 heterocycles. The Bertz CT molecular complexity index is 792. The number of aryl methyl sites for hydroxylation is 1. The Morgan fingerprint density at radius 1 is 1.17 bits per heavy atom. The van der Waals surface area contributed by atoms with Crippen molar-refractivity contribution < 1.29 is 23.1 Å². The van der Waals surface area contributed by atoms with Gasteiger partial charge >= 0.3 is 0 Å². The lowest BCUT2D eigenvalue weighted by Crippen LogP contribution is -2.52. The Morgan fingerprint density at radius 3 is 2.59 bits per heavy atom. The van der Waals surface area contributed by atoms with Gasteiger partial charge in [-0.05, 0) is 50.7 Å². The maximum absolute atomic E-state index is 12.5. The highest BCUT2D eigenvalue weighted by atomic mass is 32.2. The van der Waals surface area contributed by atoms with Gasteiger partial charge in [0.25, 0.3) is 0 Å². The van der Waals surface area contributed by atoms with Crippen molar-refractivity contribution in [2.45, 2.75) is 75.0 Å². The molecular weight excluding hydrogens is 392 g/mol. The first-order valence-electron chi connectivity index (χ1n) is 10.5. The van der Waals surface area contributed by atoms with E-state index >= 15 is 0 Å². The van der Waals surface area contributed by atoms with Gasteiger partial charge in [-0.1, -0.05) is 31.0 Å². The summed E-state index contributed by atoms with van der Waals surface area (Å²) in [5.74, 6) is 0.155. The summed E-state index contributed by atoms with van der Waals surface area (Å²) in [6, 6.07) is 6.69. The summed E-state index contributed by atoms with van der Waals surface area (Å²) in [6.45, 7) is 1.87. The fourth-order valence-corrected chi connectivity index (χ4v) is 5.58. The van der Waals surface area contributed by atoms with E-state index in [9.17, 15) is 18.3 Å². The number of carbonyl (C=O) groups excluding carboxylic acids is 1. The minimum Gasteiger partial charge on any atom is -0.394 e. The van der Waals surface area contributed by atoms with Crippen LogP contribution in [0.2, 0.25) is 0 Å². The van der Waals surface area contributed by atoms with Gasteiger partial charge in [0.1, 0.15) is 6.10 Å². The number of rotatable bonds is 8. The van der Waals surface area contributed by atoms with E-state index in [-0.39, 0.29) is 42.0 Å². The molecule has 1 saturated heterocycles. The van der Waals surface area contributed by atoms with Crippen LogP contribution in [0.5, 0.6) is 0 Å². The maximum Gasteiger partial charge on any atom is 0.240 e. The number of aliphatic hydroxyl groups excluding tert-OH is 1. The predicted molar refractivity (Wildman–Crippen MR) is 110 cm³/mol. The van der Waals surface area contributed by atoms with E-state index in [0.717, 1.165) is 38.5 Å². The van der Waals surface area contributed by atoms with E-state index in [4.69, 9.17) is 4.74 Å². The molecule has 2 fully saturated rings. The maximum atomic E-state index is 12.5. The van der Waals surface area contributed by atoms with Crippen molar-refractivity contribution in [3.05, 3.63) is 29.8 Å². The molecule has 1 amide bonds. The van der Waals surface area contributed by atoms with Crippen LogP contribution >= 0.6 is 0 Å². The first-order chi connectivity index (χ1) is 13.9. The Balaban J connectivity index is 1.47. The number of sulfonamides is 1. The molecule has 8 heteroatoms. The van der Waals surface area contributed by atoms with E-state index < -0.39 is 16.1 Å². The molecule has 1 aliphatic carbocycles. The van der Waals surface area contributed by atoms with Gasteiger partial charge in [-0.15, -0.1) is 0 Å². The monoisotopic (exact) mass is 424 g/mol. The average Bonchev–Trinajstić information content (AvgIpc) is 3.24. The molecule has 1 aromatic carbocycles. The fourth-order valence-electron chi connectivity index (χ4n) is 4.29. The van der Waals surface area contributed by atoms with Crippen molar-refractivity contribution in [2.24, 2.45) is 5.92 Å². The molecule has 0 radical (unpaired) electrons. The zero-order valence-electron chi connectivity index (χ0n) is 17.0. The molecule has 0 aromatic heterocycles. The minimum absolute atomic E-state index is 0.0685. The molecule has 1 aliphatic heterocycles. The topological polar surface area (TPSA) is 105 Å². The molecule has 162 valence electrons. The Hall–Kier alpha value is -1.48. The number of hydrogen-bond acceptors (Lipinski definition) is 5. The smallest absolute Gasteiger partial charge is 0.240 e. The van der Waals surface area contributed by atoms with Crippen LogP contribution in [0.15, 0.2) is 29.2 Å². The van der Waals surface area contributed by atoms with Gasteiger partial charge in [0, 0.05) is 12.5 Å². The second kappa shape index (κ2) is 10.0. The molecule has 29 heavy (non-hydrogen) atoms. The largest absolute Gasteiger partial charge is 0.394 e. The molecule has 3 atom stereocenters. The van der Waals surface area contributed by atoms with Crippen molar-refractivity contribution in [1.82, 2.24) is 10.0 Å². The zero-order chi connectivity index (χ0) is 20.9. The van der Waals surface area contributed by atoms with Gasteiger partial charge in [-0.2, -0.15) is 0 Å². The second-order valence-electron chi connectivity index (χ2n) is 8.10. The van der Waals surface area contributed by atoms with Gasteiger partial charge in [-0.25, -0.2) is 13.1 Å². The van der Waals surface area contributed by atoms with Gasteiger partial charge in [-0.3, -0.25) is 4.79 Å². The molecule has 0 spiro atoms. The second-order valence-corrected chi connectivity index (χ2v) is 9.84. The van der Waals surface area contributed by atoms with Crippen LogP contribution in [0.4, 0.5) is 0 Å². The van der Waals surface area contributed by atoms with E-state index in [1.807, 2.05) is 0 Å². The Morgan fingerprint density at radius 2 is 1.90 bits per heavy atom. The van der Waals surface area contributed by atoms with Gasteiger partial charge in [0.2, 0.25) is 15.9 Å². The van der Waals surface area contributed by atoms with Crippen molar-refractivity contribution >= 4 is 15.9 Å². The van der Waals surface area contributed by atoms with Gasteiger partial charge in [0.15, 0.2) is 0 Å². The van der Waals surface area contributed by atoms with Crippen LogP contribution in [0, 0.1) is 12.8 Å². The molecule has 2 aliphatic rings. The molecule has 3 N–H and O–H groups in total. The lowest BCUT2D eigenvalue weighted by Gasteiger charge is -2.36. The van der Waals surface area contributed by atoms with Crippen LogP contribution in [0.3, 0.4) is 0 Å². The summed E-state index contributed by atoms with van der Waals surface area (Å²) in [7, 11) is -3.56. The van der Waals surface area contributed by atoms with Gasteiger partial charge in [0.05, 0.1) is 23.6 Å². The third-order valence-corrected chi connectivity index (χ3v) is 7.61. The fraction of sp³-hybridized carbons (Fsp3) is 0.667. The van der Waals surface area contributed by atoms with Gasteiger partial charge < -0.3 is 15.2 Å². The first-order valence-corrected chi connectivity index (χ1v) is 12.0. The van der Waals surface area contributed by atoms with E-state index in [1.165, 1.54) is 0 Å². The van der Waals surface area contributed by atoms with E-state index in [2.05, 4.69) is 10.0 Å². The molecule has 0 unspecified atom stereocenters.